The van der Waals surface area contributed by atoms with Crippen molar-refractivity contribution in [3.8, 4) is 5.75 Å². The summed E-state index contributed by atoms with van der Waals surface area (Å²) in [5, 5.41) is 15.0. The van der Waals surface area contributed by atoms with Crippen LogP contribution < -0.4 is 5.73 Å². The number of aromatic nitrogens is 2. The Hall–Kier alpha value is -1.55. The SMILES string of the molecule is CCn1nc2c(O)cccc2c1CCN. The molecule has 2 rings (SSSR count). The predicted octanol–water partition coefficient (Wildman–Crippen LogP) is 1.26. The van der Waals surface area contributed by atoms with Crippen LogP contribution in [0.3, 0.4) is 0 Å². The Balaban J connectivity index is 2.68. The van der Waals surface area contributed by atoms with Crippen molar-refractivity contribution in [2.75, 3.05) is 6.54 Å². The molecular formula is C11H15N3O. The van der Waals surface area contributed by atoms with Crippen LogP contribution in [0.5, 0.6) is 5.75 Å². The molecule has 0 aliphatic rings. The lowest BCUT2D eigenvalue weighted by Gasteiger charge is -2.02. The standard InChI is InChI=1S/C11H15N3O/c1-2-14-9(6-7-12)8-4-3-5-10(15)11(8)13-14/h3-5,15H,2,6-7,12H2,1H3. The van der Waals surface area contributed by atoms with Crippen LogP contribution in [-0.4, -0.2) is 21.4 Å². The number of benzene rings is 1. The van der Waals surface area contributed by atoms with Crippen molar-refractivity contribution in [3.63, 3.8) is 0 Å². The van der Waals surface area contributed by atoms with E-state index in [0.717, 1.165) is 24.0 Å². The Morgan fingerprint density at radius 2 is 2.27 bits per heavy atom. The number of nitrogens with two attached hydrogens (primary N) is 1. The van der Waals surface area contributed by atoms with Gasteiger partial charge in [0.2, 0.25) is 0 Å². The van der Waals surface area contributed by atoms with Crippen molar-refractivity contribution < 1.29 is 5.11 Å². The highest BCUT2D eigenvalue weighted by molar-refractivity contribution is 5.86. The Kier molecular flexibility index (Phi) is 2.60. The van der Waals surface area contributed by atoms with E-state index in [1.807, 2.05) is 23.7 Å². The summed E-state index contributed by atoms with van der Waals surface area (Å²) in [6.07, 6.45) is 0.786. The number of nitrogens with zero attached hydrogens (tertiary/aromatic N) is 2. The third-order valence-electron chi connectivity index (χ3n) is 2.54. The highest BCUT2D eigenvalue weighted by atomic mass is 16.3. The van der Waals surface area contributed by atoms with E-state index in [4.69, 9.17) is 5.73 Å². The summed E-state index contributed by atoms with van der Waals surface area (Å²) in [7, 11) is 0. The maximum absolute atomic E-state index is 9.67. The zero-order chi connectivity index (χ0) is 10.8. The first-order valence-electron chi connectivity index (χ1n) is 5.15. The second kappa shape index (κ2) is 3.90. The van der Waals surface area contributed by atoms with E-state index >= 15 is 0 Å². The molecule has 0 aliphatic heterocycles. The maximum atomic E-state index is 9.67. The maximum Gasteiger partial charge on any atom is 0.143 e. The average molecular weight is 205 g/mol. The zero-order valence-corrected chi connectivity index (χ0v) is 8.77. The number of phenols is 1. The van der Waals surface area contributed by atoms with Gasteiger partial charge in [-0.25, -0.2) is 0 Å². The Bertz CT molecular complexity index is 476. The first kappa shape index (κ1) is 9.98. The van der Waals surface area contributed by atoms with E-state index in [1.165, 1.54) is 0 Å². The normalized spacial score (nSPS) is 11.1. The topological polar surface area (TPSA) is 64.1 Å². The van der Waals surface area contributed by atoms with Crippen molar-refractivity contribution >= 4 is 10.9 Å². The van der Waals surface area contributed by atoms with E-state index in [0.29, 0.717) is 12.1 Å². The van der Waals surface area contributed by atoms with Crippen molar-refractivity contribution in [3.05, 3.63) is 23.9 Å². The lowest BCUT2D eigenvalue weighted by molar-refractivity contribution is 0.479. The van der Waals surface area contributed by atoms with Gasteiger partial charge in [0.1, 0.15) is 11.3 Å². The molecule has 3 N–H and O–H groups in total. The van der Waals surface area contributed by atoms with Crippen LogP contribution in [0.4, 0.5) is 0 Å². The van der Waals surface area contributed by atoms with Gasteiger partial charge < -0.3 is 10.8 Å². The molecular weight excluding hydrogens is 190 g/mol. The second-order valence-corrected chi connectivity index (χ2v) is 3.47. The largest absolute Gasteiger partial charge is 0.506 e. The number of aryl methyl sites for hydroxylation is 1. The highest BCUT2D eigenvalue weighted by Crippen LogP contribution is 2.26. The zero-order valence-electron chi connectivity index (χ0n) is 8.77. The molecule has 1 aromatic heterocycles. The molecule has 0 fully saturated rings. The van der Waals surface area contributed by atoms with E-state index in [-0.39, 0.29) is 5.75 Å². The molecule has 4 heteroatoms. The predicted molar refractivity (Wildman–Crippen MR) is 59.8 cm³/mol. The molecule has 1 aromatic carbocycles. The van der Waals surface area contributed by atoms with Crippen LogP contribution in [0.1, 0.15) is 12.6 Å². The summed E-state index contributed by atoms with van der Waals surface area (Å²) in [5.41, 5.74) is 7.34. The van der Waals surface area contributed by atoms with Gasteiger partial charge in [-0.05, 0) is 19.5 Å². The Morgan fingerprint density at radius 3 is 2.93 bits per heavy atom. The molecule has 4 nitrogen and oxygen atoms in total. The fraction of sp³-hybridized carbons (Fsp3) is 0.364. The van der Waals surface area contributed by atoms with Crippen LogP contribution in [0.2, 0.25) is 0 Å². The van der Waals surface area contributed by atoms with Gasteiger partial charge in [0.05, 0.1) is 0 Å². The summed E-state index contributed by atoms with van der Waals surface area (Å²) in [4.78, 5) is 0. The number of phenolic OH excluding ortho intramolecular Hbond substituents is 1. The number of hydrogen-bond acceptors (Lipinski definition) is 3. The summed E-state index contributed by atoms with van der Waals surface area (Å²) < 4.78 is 1.90. The Labute approximate surface area is 88.3 Å². The number of rotatable bonds is 3. The van der Waals surface area contributed by atoms with Gasteiger partial charge in [0, 0.05) is 24.0 Å². The molecule has 0 bridgehead atoms. The molecule has 1 heterocycles. The van der Waals surface area contributed by atoms with Crippen molar-refractivity contribution in [2.24, 2.45) is 5.73 Å². The van der Waals surface area contributed by atoms with Gasteiger partial charge >= 0.3 is 0 Å². The molecule has 80 valence electrons. The van der Waals surface area contributed by atoms with E-state index in [2.05, 4.69) is 5.10 Å². The van der Waals surface area contributed by atoms with Crippen LogP contribution in [0, 0.1) is 0 Å². The van der Waals surface area contributed by atoms with Gasteiger partial charge in [0.15, 0.2) is 0 Å². The van der Waals surface area contributed by atoms with Crippen molar-refractivity contribution in [2.45, 2.75) is 19.9 Å². The number of aromatic hydroxyl groups is 1. The molecule has 0 aliphatic carbocycles. The van der Waals surface area contributed by atoms with E-state index in [9.17, 15) is 5.11 Å². The molecule has 0 spiro atoms. The van der Waals surface area contributed by atoms with Crippen LogP contribution in [0.15, 0.2) is 18.2 Å². The minimum absolute atomic E-state index is 0.234. The molecule has 2 aromatic rings. The molecule has 0 atom stereocenters. The minimum atomic E-state index is 0.234. The van der Waals surface area contributed by atoms with Gasteiger partial charge in [0.25, 0.3) is 0 Å². The van der Waals surface area contributed by atoms with E-state index < -0.39 is 0 Å². The summed E-state index contributed by atoms with van der Waals surface area (Å²) in [6, 6.07) is 5.46. The monoisotopic (exact) mass is 205 g/mol. The number of hydrogen-bond donors (Lipinski definition) is 2. The van der Waals surface area contributed by atoms with Gasteiger partial charge in [-0.1, -0.05) is 12.1 Å². The van der Waals surface area contributed by atoms with Crippen LogP contribution in [0.25, 0.3) is 10.9 Å². The van der Waals surface area contributed by atoms with Crippen LogP contribution in [-0.2, 0) is 13.0 Å². The molecule has 0 saturated heterocycles. The summed E-state index contributed by atoms with van der Waals surface area (Å²) in [5.74, 6) is 0.234. The molecule has 0 radical (unpaired) electrons. The smallest absolute Gasteiger partial charge is 0.143 e. The minimum Gasteiger partial charge on any atom is -0.506 e. The quantitative estimate of drug-likeness (QED) is 0.793. The Morgan fingerprint density at radius 1 is 1.47 bits per heavy atom. The lowest BCUT2D eigenvalue weighted by atomic mass is 10.1. The van der Waals surface area contributed by atoms with Gasteiger partial charge in [-0.3, -0.25) is 4.68 Å². The second-order valence-electron chi connectivity index (χ2n) is 3.47. The highest BCUT2D eigenvalue weighted by Gasteiger charge is 2.11. The lowest BCUT2D eigenvalue weighted by Crippen LogP contribution is -2.09. The third-order valence-corrected chi connectivity index (χ3v) is 2.54. The van der Waals surface area contributed by atoms with Crippen LogP contribution >= 0.6 is 0 Å². The molecule has 0 unspecified atom stereocenters. The third kappa shape index (κ3) is 1.57. The van der Waals surface area contributed by atoms with E-state index in [1.54, 1.807) is 6.07 Å². The fourth-order valence-corrected chi connectivity index (χ4v) is 1.85. The fourth-order valence-electron chi connectivity index (χ4n) is 1.85. The first-order valence-corrected chi connectivity index (χ1v) is 5.15. The number of fused-ring (bicyclic) bond motifs is 1. The van der Waals surface area contributed by atoms with Crippen molar-refractivity contribution in [1.29, 1.82) is 0 Å². The van der Waals surface area contributed by atoms with Gasteiger partial charge in [-0.2, -0.15) is 5.10 Å². The summed E-state index contributed by atoms with van der Waals surface area (Å²) in [6.45, 7) is 3.42. The average Bonchev–Trinajstić information content (AvgIpc) is 2.59. The molecule has 0 saturated carbocycles. The first-order chi connectivity index (χ1) is 7.27. The summed E-state index contributed by atoms with van der Waals surface area (Å²) >= 11 is 0. The van der Waals surface area contributed by atoms with Gasteiger partial charge in [-0.15, -0.1) is 0 Å². The van der Waals surface area contributed by atoms with Crippen molar-refractivity contribution in [1.82, 2.24) is 9.78 Å². The molecule has 0 amide bonds. The molecule has 15 heavy (non-hydrogen) atoms.